The lowest BCUT2D eigenvalue weighted by Gasteiger charge is -2.12. The Hall–Kier alpha value is -1.06. The smallest absolute Gasteiger partial charge is 0.150 e. The maximum Gasteiger partial charge on any atom is 0.150 e. The normalized spacial score (nSPS) is 10.1. The molecule has 4 heteroatoms. The average Bonchev–Trinajstić information content (AvgIpc) is 2.36. The number of aromatic nitrogens is 2. The summed E-state index contributed by atoms with van der Waals surface area (Å²) in [5.74, 6) is 0.810. The molecule has 0 aliphatic rings. The van der Waals surface area contributed by atoms with Gasteiger partial charge in [0.05, 0.1) is 0 Å². The van der Waals surface area contributed by atoms with Gasteiger partial charge >= 0.3 is 0 Å². The van der Waals surface area contributed by atoms with Gasteiger partial charge in [0.15, 0.2) is 0 Å². The van der Waals surface area contributed by atoms with Crippen molar-refractivity contribution in [3.05, 3.63) is 12.3 Å². The standard InChI is InChI=1S/C7H12FN3/c1-10(6-4-8)7-3-5-11(2)9-7/h3,5H,4,6H2,1-2H3. The topological polar surface area (TPSA) is 21.1 Å². The Kier molecular flexibility index (Phi) is 2.46. The Labute approximate surface area is 65.4 Å². The molecule has 1 heterocycles. The fourth-order valence-corrected chi connectivity index (χ4v) is 0.848. The molecule has 0 saturated carbocycles. The maximum atomic E-state index is 11.9. The Morgan fingerprint density at radius 1 is 1.73 bits per heavy atom. The molecular weight excluding hydrogens is 145 g/mol. The largest absolute Gasteiger partial charge is 0.356 e. The van der Waals surface area contributed by atoms with Gasteiger partial charge in [-0.2, -0.15) is 5.10 Å². The highest BCUT2D eigenvalue weighted by atomic mass is 19.1. The summed E-state index contributed by atoms with van der Waals surface area (Å²) < 4.78 is 13.6. The number of alkyl halides is 1. The van der Waals surface area contributed by atoms with Crippen molar-refractivity contribution in [2.45, 2.75) is 0 Å². The van der Waals surface area contributed by atoms with E-state index in [4.69, 9.17) is 0 Å². The molecule has 3 nitrogen and oxygen atoms in total. The second kappa shape index (κ2) is 3.37. The molecule has 0 radical (unpaired) electrons. The van der Waals surface area contributed by atoms with Crippen molar-refractivity contribution in [2.24, 2.45) is 7.05 Å². The number of halogens is 1. The molecule has 0 fully saturated rings. The molecule has 0 atom stereocenters. The van der Waals surface area contributed by atoms with Crippen LogP contribution in [0.4, 0.5) is 10.2 Å². The number of hydrogen-bond acceptors (Lipinski definition) is 2. The monoisotopic (exact) mass is 157 g/mol. The van der Waals surface area contributed by atoms with Crippen LogP contribution in [0.3, 0.4) is 0 Å². The predicted octanol–water partition coefficient (Wildman–Crippen LogP) is 0.826. The molecule has 1 rings (SSSR count). The number of nitrogens with zero attached hydrogens (tertiary/aromatic N) is 3. The van der Waals surface area contributed by atoms with Crippen LogP contribution in [0.1, 0.15) is 0 Å². The molecule has 0 aliphatic heterocycles. The third-order valence-electron chi connectivity index (χ3n) is 1.51. The summed E-state index contributed by atoms with van der Waals surface area (Å²) in [6.07, 6.45) is 1.84. The molecule has 0 spiro atoms. The predicted molar refractivity (Wildman–Crippen MR) is 42.5 cm³/mol. The van der Waals surface area contributed by atoms with Crippen molar-refractivity contribution in [1.29, 1.82) is 0 Å². The van der Waals surface area contributed by atoms with Gasteiger partial charge in [-0.25, -0.2) is 4.39 Å². The zero-order valence-electron chi connectivity index (χ0n) is 6.79. The first-order chi connectivity index (χ1) is 5.24. The van der Waals surface area contributed by atoms with E-state index in [-0.39, 0.29) is 6.67 Å². The molecule has 0 bridgehead atoms. The molecule has 1 aromatic heterocycles. The van der Waals surface area contributed by atoms with E-state index in [9.17, 15) is 4.39 Å². The highest BCUT2D eigenvalue weighted by molar-refractivity contribution is 5.35. The fraction of sp³-hybridized carbons (Fsp3) is 0.571. The van der Waals surface area contributed by atoms with Crippen LogP contribution >= 0.6 is 0 Å². The summed E-state index contributed by atoms with van der Waals surface area (Å²) in [6.45, 7) is 0.0596. The van der Waals surface area contributed by atoms with E-state index in [1.165, 1.54) is 0 Å². The third-order valence-corrected chi connectivity index (χ3v) is 1.51. The first-order valence-corrected chi connectivity index (χ1v) is 3.51. The van der Waals surface area contributed by atoms with Crippen molar-refractivity contribution in [2.75, 3.05) is 25.2 Å². The highest BCUT2D eigenvalue weighted by Crippen LogP contribution is 2.06. The van der Waals surface area contributed by atoms with Crippen LogP contribution in [0.25, 0.3) is 0 Å². The van der Waals surface area contributed by atoms with Crippen LogP contribution in [-0.2, 0) is 7.05 Å². The molecule has 0 N–H and O–H groups in total. The van der Waals surface area contributed by atoms with Crippen LogP contribution in [0.5, 0.6) is 0 Å². The van der Waals surface area contributed by atoms with Gasteiger partial charge in [0, 0.05) is 32.9 Å². The van der Waals surface area contributed by atoms with E-state index in [2.05, 4.69) is 5.10 Å². The van der Waals surface area contributed by atoms with Crippen LogP contribution in [0, 0.1) is 0 Å². The van der Waals surface area contributed by atoms with Crippen molar-refractivity contribution < 1.29 is 4.39 Å². The van der Waals surface area contributed by atoms with Gasteiger partial charge < -0.3 is 4.90 Å². The molecular formula is C7H12FN3. The zero-order valence-corrected chi connectivity index (χ0v) is 6.79. The molecule has 0 aliphatic carbocycles. The third kappa shape index (κ3) is 1.93. The lowest BCUT2D eigenvalue weighted by atomic mass is 10.5. The summed E-state index contributed by atoms with van der Waals surface area (Å²) in [5, 5.41) is 4.11. The van der Waals surface area contributed by atoms with E-state index >= 15 is 0 Å². The SMILES string of the molecule is CN(CCF)c1ccn(C)n1. The lowest BCUT2D eigenvalue weighted by Crippen LogP contribution is -2.20. The second-order valence-corrected chi connectivity index (χ2v) is 2.46. The van der Waals surface area contributed by atoms with E-state index in [0.29, 0.717) is 6.54 Å². The first kappa shape index (κ1) is 8.04. The Morgan fingerprint density at radius 3 is 2.91 bits per heavy atom. The second-order valence-electron chi connectivity index (χ2n) is 2.46. The van der Waals surface area contributed by atoms with Crippen LogP contribution in [-0.4, -0.2) is 30.0 Å². The highest BCUT2D eigenvalue weighted by Gasteiger charge is 2.01. The van der Waals surface area contributed by atoms with Crippen molar-refractivity contribution in [3.8, 4) is 0 Å². The van der Waals surface area contributed by atoms with Gasteiger partial charge in [-0.1, -0.05) is 0 Å². The minimum absolute atomic E-state index is 0.340. The molecule has 0 amide bonds. The fourth-order valence-electron chi connectivity index (χ4n) is 0.848. The Balaban J connectivity index is 2.60. The quantitative estimate of drug-likeness (QED) is 0.648. The van der Waals surface area contributed by atoms with E-state index in [1.807, 2.05) is 26.4 Å². The molecule has 0 saturated heterocycles. The lowest BCUT2D eigenvalue weighted by molar-refractivity contribution is 0.496. The van der Waals surface area contributed by atoms with Gasteiger partial charge in [0.1, 0.15) is 12.5 Å². The van der Waals surface area contributed by atoms with E-state index in [1.54, 1.807) is 9.58 Å². The van der Waals surface area contributed by atoms with Gasteiger partial charge in [-0.05, 0) is 0 Å². The maximum absolute atomic E-state index is 11.9. The van der Waals surface area contributed by atoms with Crippen LogP contribution < -0.4 is 4.90 Å². The average molecular weight is 157 g/mol. The first-order valence-electron chi connectivity index (χ1n) is 3.51. The van der Waals surface area contributed by atoms with Crippen LogP contribution in [0.2, 0.25) is 0 Å². The van der Waals surface area contributed by atoms with Gasteiger partial charge in [-0.3, -0.25) is 4.68 Å². The van der Waals surface area contributed by atoms with Crippen LogP contribution in [0.15, 0.2) is 12.3 Å². The zero-order chi connectivity index (χ0) is 8.27. The minimum Gasteiger partial charge on any atom is -0.356 e. The van der Waals surface area contributed by atoms with Gasteiger partial charge in [0.25, 0.3) is 0 Å². The molecule has 0 unspecified atom stereocenters. The van der Waals surface area contributed by atoms with Gasteiger partial charge in [0.2, 0.25) is 0 Å². The van der Waals surface area contributed by atoms with E-state index in [0.717, 1.165) is 5.82 Å². The summed E-state index contributed by atoms with van der Waals surface area (Å²) in [6, 6.07) is 1.86. The summed E-state index contributed by atoms with van der Waals surface area (Å²) in [5.41, 5.74) is 0. The number of hydrogen-bond donors (Lipinski definition) is 0. The minimum atomic E-state index is -0.340. The van der Waals surface area contributed by atoms with E-state index < -0.39 is 0 Å². The summed E-state index contributed by atoms with van der Waals surface area (Å²) in [7, 11) is 3.66. The summed E-state index contributed by atoms with van der Waals surface area (Å²) in [4.78, 5) is 1.78. The Morgan fingerprint density at radius 2 is 2.45 bits per heavy atom. The molecule has 1 aromatic rings. The Bertz CT molecular complexity index is 221. The van der Waals surface area contributed by atoms with Gasteiger partial charge in [-0.15, -0.1) is 0 Å². The van der Waals surface area contributed by atoms with Crippen molar-refractivity contribution in [1.82, 2.24) is 9.78 Å². The van der Waals surface area contributed by atoms with Crippen molar-refractivity contribution in [3.63, 3.8) is 0 Å². The molecule has 0 aromatic carbocycles. The summed E-state index contributed by atoms with van der Waals surface area (Å²) >= 11 is 0. The molecule has 62 valence electrons. The number of anilines is 1. The number of aryl methyl sites for hydroxylation is 1. The molecule has 11 heavy (non-hydrogen) atoms. The number of rotatable bonds is 3. The van der Waals surface area contributed by atoms with Crippen molar-refractivity contribution >= 4 is 5.82 Å².